The standard InChI is InChI=1S/C11H22N2O2/c1-6-7-8(12)9(14)13-10(2,3)11(4,5)15/h6,8,15H,1,7,12H2,2-5H3,(H,13,14). The van der Waals surface area contributed by atoms with Gasteiger partial charge in [-0.1, -0.05) is 6.08 Å². The van der Waals surface area contributed by atoms with E-state index in [1.54, 1.807) is 33.8 Å². The van der Waals surface area contributed by atoms with E-state index < -0.39 is 17.2 Å². The van der Waals surface area contributed by atoms with E-state index in [2.05, 4.69) is 11.9 Å². The minimum absolute atomic E-state index is 0.276. The monoisotopic (exact) mass is 214 g/mol. The van der Waals surface area contributed by atoms with Crippen molar-refractivity contribution in [2.45, 2.75) is 51.3 Å². The van der Waals surface area contributed by atoms with Crippen LogP contribution in [0.3, 0.4) is 0 Å². The summed E-state index contributed by atoms with van der Waals surface area (Å²) in [5, 5.41) is 12.5. The molecule has 0 aliphatic heterocycles. The molecule has 0 spiro atoms. The summed E-state index contributed by atoms with van der Waals surface area (Å²) in [6.07, 6.45) is 2.02. The number of nitrogens with one attached hydrogen (secondary N) is 1. The second-order valence-corrected chi connectivity index (χ2v) is 4.80. The molecule has 88 valence electrons. The van der Waals surface area contributed by atoms with Gasteiger partial charge in [-0.25, -0.2) is 0 Å². The van der Waals surface area contributed by atoms with Crippen LogP contribution in [0.1, 0.15) is 34.1 Å². The molecule has 4 N–H and O–H groups in total. The largest absolute Gasteiger partial charge is 0.388 e. The summed E-state index contributed by atoms with van der Waals surface area (Å²) in [6.45, 7) is 10.3. The number of hydrogen-bond acceptors (Lipinski definition) is 3. The van der Waals surface area contributed by atoms with Gasteiger partial charge in [-0.05, 0) is 34.1 Å². The van der Waals surface area contributed by atoms with Crippen molar-refractivity contribution in [1.82, 2.24) is 5.32 Å². The Bertz CT molecular complexity index is 241. The molecular weight excluding hydrogens is 192 g/mol. The van der Waals surface area contributed by atoms with Gasteiger partial charge in [-0.3, -0.25) is 4.79 Å². The van der Waals surface area contributed by atoms with Crippen LogP contribution in [0.2, 0.25) is 0 Å². The fourth-order valence-corrected chi connectivity index (χ4v) is 0.840. The first kappa shape index (κ1) is 14.1. The maximum atomic E-state index is 11.6. The molecule has 15 heavy (non-hydrogen) atoms. The van der Waals surface area contributed by atoms with Crippen molar-refractivity contribution in [3.05, 3.63) is 12.7 Å². The van der Waals surface area contributed by atoms with Crippen LogP contribution in [0.25, 0.3) is 0 Å². The molecule has 1 unspecified atom stereocenters. The van der Waals surface area contributed by atoms with Gasteiger partial charge in [0.1, 0.15) is 0 Å². The molecule has 0 aromatic heterocycles. The minimum atomic E-state index is -1.00. The van der Waals surface area contributed by atoms with Crippen molar-refractivity contribution < 1.29 is 9.90 Å². The predicted molar refractivity (Wildman–Crippen MR) is 61.3 cm³/mol. The highest BCUT2D eigenvalue weighted by Gasteiger charge is 2.36. The van der Waals surface area contributed by atoms with E-state index in [9.17, 15) is 9.90 Å². The van der Waals surface area contributed by atoms with E-state index in [-0.39, 0.29) is 5.91 Å². The quantitative estimate of drug-likeness (QED) is 0.585. The lowest BCUT2D eigenvalue weighted by Gasteiger charge is -2.38. The highest BCUT2D eigenvalue weighted by atomic mass is 16.3. The number of rotatable bonds is 5. The Hall–Kier alpha value is -0.870. The third kappa shape index (κ3) is 4.01. The van der Waals surface area contributed by atoms with Crippen molar-refractivity contribution in [3.63, 3.8) is 0 Å². The molecule has 0 saturated heterocycles. The third-order valence-electron chi connectivity index (χ3n) is 2.72. The van der Waals surface area contributed by atoms with Gasteiger partial charge in [0.2, 0.25) is 5.91 Å². The average molecular weight is 214 g/mol. The van der Waals surface area contributed by atoms with Crippen molar-refractivity contribution >= 4 is 5.91 Å². The highest BCUT2D eigenvalue weighted by Crippen LogP contribution is 2.20. The Morgan fingerprint density at radius 3 is 2.33 bits per heavy atom. The zero-order valence-electron chi connectivity index (χ0n) is 10.0. The van der Waals surface area contributed by atoms with Gasteiger partial charge in [-0.15, -0.1) is 6.58 Å². The molecule has 0 aromatic rings. The Kier molecular flexibility index (Phi) is 4.49. The number of amides is 1. The normalized spacial score (nSPS) is 14.5. The van der Waals surface area contributed by atoms with E-state index in [4.69, 9.17) is 5.73 Å². The van der Waals surface area contributed by atoms with Crippen LogP contribution in [0, 0.1) is 0 Å². The van der Waals surface area contributed by atoms with Crippen LogP contribution >= 0.6 is 0 Å². The summed E-state index contributed by atoms with van der Waals surface area (Å²) < 4.78 is 0. The maximum Gasteiger partial charge on any atom is 0.237 e. The maximum absolute atomic E-state index is 11.6. The Morgan fingerprint density at radius 1 is 1.53 bits per heavy atom. The predicted octanol–water partition coefficient (Wildman–Crippen LogP) is 0.555. The molecule has 0 heterocycles. The fraction of sp³-hybridized carbons (Fsp3) is 0.727. The van der Waals surface area contributed by atoms with E-state index in [1.807, 2.05) is 0 Å². The van der Waals surface area contributed by atoms with Crippen molar-refractivity contribution in [3.8, 4) is 0 Å². The molecule has 0 aliphatic rings. The number of carbonyl (C=O) groups is 1. The molecule has 4 nitrogen and oxygen atoms in total. The zero-order chi connectivity index (χ0) is 12.3. The second kappa shape index (κ2) is 4.77. The summed E-state index contributed by atoms with van der Waals surface area (Å²) >= 11 is 0. The first-order valence-electron chi connectivity index (χ1n) is 5.02. The Balaban J connectivity index is 4.47. The lowest BCUT2D eigenvalue weighted by Crippen LogP contribution is -2.60. The van der Waals surface area contributed by atoms with E-state index in [0.717, 1.165) is 0 Å². The minimum Gasteiger partial charge on any atom is -0.388 e. The molecule has 0 rings (SSSR count). The molecule has 4 heteroatoms. The van der Waals surface area contributed by atoms with Crippen LogP contribution in [0.5, 0.6) is 0 Å². The van der Waals surface area contributed by atoms with Crippen LogP contribution in [0.4, 0.5) is 0 Å². The topological polar surface area (TPSA) is 75.4 Å². The molecule has 0 aromatic carbocycles. The summed E-state index contributed by atoms with van der Waals surface area (Å²) in [6, 6.07) is -0.607. The van der Waals surface area contributed by atoms with Crippen molar-refractivity contribution in [2.75, 3.05) is 0 Å². The van der Waals surface area contributed by atoms with Gasteiger partial charge < -0.3 is 16.2 Å². The fourth-order valence-electron chi connectivity index (χ4n) is 0.840. The van der Waals surface area contributed by atoms with Crippen LogP contribution < -0.4 is 11.1 Å². The first-order chi connectivity index (χ1) is 6.62. The molecule has 0 radical (unpaired) electrons. The summed E-state index contributed by atoms with van der Waals surface area (Å²) in [7, 11) is 0. The number of hydrogen-bond donors (Lipinski definition) is 3. The van der Waals surface area contributed by atoms with Crippen LogP contribution in [-0.4, -0.2) is 28.2 Å². The summed E-state index contributed by atoms with van der Waals surface area (Å²) in [5.74, 6) is -0.276. The molecule has 1 atom stereocenters. The van der Waals surface area contributed by atoms with Gasteiger partial charge in [0.25, 0.3) is 0 Å². The van der Waals surface area contributed by atoms with Crippen molar-refractivity contribution in [1.29, 1.82) is 0 Å². The van der Waals surface area contributed by atoms with E-state index >= 15 is 0 Å². The van der Waals surface area contributed by atoms with E-state index in [0.29, 0.717) is 6.42 Å². The number of aliphatic hydroxyl groups is 1. The molecule has 0 aliphatic carbocycles. The Morgan fingerprint density at radius 2 is 2.00 bits per heavy atom. The van der Waals surface area contributed by atoms with Crippen molar-refractivity contribution in [2.24, 2.45) is 5.73 Å². The first-order valence-corrected chi connectivity index (χ1v) is 5.02. The zero-order valence-corrected chi connectivity index (χ0v) is 10.0. The van der Waals surface area contributed by atoms with E-state index in [1.165, 1.54) is 0 Å². The molecule has 0 fully saturated rings. The lowest BCUT2D eigenvalue weighted by molar-refractivity contribution is -0.127. The molecule has 0 saturated carbocycles. The summed E-state index contributed by atoms with van der Waals surface area (Å²) in [5.41, 5.74) is 3.89. The number of nitrogens with two attached hydrogens (primary N) is 1. The molecule has 0 bridgehead atoms. The second-order valence-electron chi connectivity index (χ2n) is 4.80. The summed E-state index contributed by atoms with van der Waals surface area (Å²) in [4.78, 5) is 11.6. The molecular formula is C11H22N2O2. The lowest BCUT2D eigenvalue weighted by atomic mass is 9.85. The van der Waals surface area contributed by atoms with Gasteiger partial charge in [-0.2, -0.15) is 0 Å². The van der Waals surface area contributed by atoms with Crippen LogP contribution in [-0.2, 0) is 4.79 Å². The van der Waals surface area contributed by atoms with Gasteiger partial charge in [0.05, 0.1) is 17.2 Å². The van der Waals surface area contributed by atoms with Gasteiger partial charge in [0, 0.05) is 0 Å². The smallest absolute Gasteiger partial charge is 0.237 e. The third-order valence-corrected chi connectivity index (χ3v) is 2.72. The molecule has 1 amide bonds. The highest BCUT2D eigenvalue weighted by molar-refractivity contribution is 5.82. The van der Waals surface area contributed by atoms with Gasteiger partial charge >= 0.3 is 0 Å². The average Bonchev–Trinajstić information content (AvgIpc) is 2.01. The SMILES string of the molecule is C=CCC(N)C(=O)NC(C)(C)C(C)(C)O. The Labute approximate surface area is 91.5 Å². The van der Waals surface area contributed by atoms with Gasteiger partial charge in [0.15, 0.2) is 0 Å². The van der Waals surface area contributed by atoms with Crippen LogP contribution in [0.15, 0.2) is 12.7 Å². The number of carbonyl (C=O) groups excluding carboxylic acids is 1.